The third-order valence-electron chi connectivity index (χ3n) is 2.43. The van der Waals surface area contributed by atoms with Crippen molar-refractivity contribution >= 4 is 5.97 Å². The molecule has 0 unspecified atom stereocenters. The van der Waals surface area contributed by atoms with E-state index in [1.54, 1.807) is 0 Å². The number of hydrogen-bond donors (Lipinski definition) is 0. The summed E-state index contributed by atoms with van der Waals surface area (Å²) in [5, 5.41) is 0. The molecule has 2 rings (SSSR count). The highest BCUT2D eigenvalue weighted by Crippen LogP contribution is 2.38. The first kappa shape index (κ1) is 8.30. The van der Waals surface area contributed by atoms with Gasteiger partial charge in [0.15, 0.2) is 0 Å². The van der Waals surface area contributed by atoms with Crippen molar-refractivity contribution in [2.24, 2.45) is 0 Å². The molecule has 2 heteroatoms. The highest BCUT2D eigenvalue weighted by atomic mass is 16.5. The van der Waals surface area contributed by atoms with E-state index in [9.17, 15) is 4.79 Å². The summed E-state index contributed by atoms with van der Waals surface area (Å²) >= 11 is 0. The molecule has 1 heterocycles. The van der Waals surface area contributed by atoms with Crippen LogP contribution < -0.4 is 4.74 Å². The number of fused-ring (bicyclic) bond motifs is 1. The van der Waals surface area contributed by atoms with Crippen LogP contribution in [0, 0.1) is 0 Å². The molecule has 0 N–H and O–H groups in total. The molecule has 0 amide bonds. The van der Waals surface area contributed by atoms with Gasteiger partial charge in [-0.2, -0.15) is 0 Å². The number of carbonyl (C=O) groups excluding carboxylic acids is 1. The standard InChI is InChI=1S/C11H12O2/c1-11(2)7-10(12)13-9-6-4-3-5-8(9)11/h3-6H,7H2,1-2H3. The predicted molar refractivity (Wildman–Crippen MR) is 49.7 cm³/mol. The average molecular weight is 176 g/mol. The quantitative estimate of drug-likeness (QED) is 0.447. The predicted octanol–water partition coefficient (Wildman–Crippen LogP) is 2.27. The van der Waals surface area contributed by atoms with Crippen LogP contribution in [0.15, 0.2) is 24.3 Å². The van der Waals surface area contributed by atoms with Gasteiger partial charge >= 0.3 is 5.97 Å². The Morgan fingerprint density at radius 2 is 2.00 bits per heavy atom. The zero-order chi connectivity index (χ0) is 9.47. The number of ether oxygens (including phenoxy) is 1. The molecule has 1 aromatic carbocycles. The highest BCUT2D eigenvalue weighted by Gasteiger charge is 2.32. The molecule has 1 aliphatic heterocycles. The van der Waals surface area contributed by atoms with E-state index in [-0.39, 0.29) is 11.4 Å². The Bertz CT molecular complexity index is 353. The zero-order valence-electron chi connectivity index (χ0n) is 7.83. The van der Waals surface area contributed by atoms with Crippen LogP contribution in [0.25, 0.3) is 0 Å². The van der Waals surface area contributed by atoms with Gasteiger partial charge in [0.25, 0.3) is 0 Å². The van der Waals surface area contributed by atoms with Gasteiger partial charge < -0.3 is 4.74 Å². The lowest BCUT2D eigenvalue weighted by Crippen LogP contribution is -2.30. The lowest BCUT2D eigenvalue weighted by molar-refractivity contribution is -0.136. The van der Waals surface area contributed by atoms with Crippen molar-refractivity contribution in [2.45, 2.75) is 25.7 Å². The van der Waals surface area contributed by atoms with Gasteiger partial charge in [-0.05, 0) is 6.07 Å². The molecule has 1 aliphatic rings. The van der Waals surface area contributed by atoms with Gasteiger partial charge in [-0.25, -0.2) is 0 Å². The maximum Gasteiger partial charge on any atom is 0.312 e. The molecule has 0 bridgehead atoms. The van der Waals surface area contributed by atoms with Gasteiger partial charge in [0.05, 0.1) is 6.42 Å². The molecule has 0 spiro atoms. The second-order valence-electron chi connectivity index (χ2n) is 4.03. The van der Waals surface area contributed by atoms with Crippen LogP contribution in [-0.2, 0) is 10.2 Å². The summed E-state index contributed by atoms with van der Waals surface area (Å²) < 4.78 is 5.13. The van der Waals surface area contributed by atoms with E-state index in [0.717, 1.165) is 5.56 Å². The van der Waals surface area contributed by atoms with E-state index in [0.29, 0.717) is 12.2 Å². The van der Waals surface area contributed by atoms with Gasteiger partial charge in [0, 0.05) is 11.0 Å². The Morgan fingerprint density at radius 3 is 2.77 bits per heavy atom. The molecule has 68 valence electrons. The Morgan fingerprint density at radius 1 is 1.31 bits per heavy atom. The summed E-state index contributed by atoms with van der Waals surface area (Å²) in [6.45, 7) is 4.12. The van der Waals surface area contributed by atoms with E-state index < -0.39 is 0 Å². The SMILES string of the molecule is CC1(C)CC(=O)Oc2ccccc21. The van der Waals surface area contributed by atoms with E-state index in [1.807, 2.05) is 24.3 Å². The van der Waals surface area contributed by atoms with Crippen molar-refractivity contribution in [1.29, 1.82) is 0 Å². The summed E-state index contributed by atoms with van der Waals surface area (Å²) in [4.78, 5) is 11.2. The Hall–Kier alpha value is -1.31. The summed E-state index contributed by atoms with van der Waals surface area (Å²) in [5.74, 6) is 0.576. The Labute approximate surface area is 77.5 Å². The molecule has 2 nitrogen and oxygen atoms in total. The summed E-state index contributed by atoms with van der Waals surface area (Å²) in [6, 6.07) is 7.71. The lowest BCUT2D eigenvalue weighted by Gasteiger charge is -2.30. The van der Waals surface area contributed by atoms with E-state index in [1.165, 1.54) is 0 Å². The minimum atomic E-state index is -0.135. The molecule has 0 saturated carbocycles. The first-order valence-corrected chi connectivity index (χ1v) is 4.40. The van der Waals surface area contributed by atoms with Gasteiger partial charge in [-0.15, -0.1) is 0 Å². The number of esters is 1. The molecule has 0 atom stereocenters. The second kappa shape index (κ2) is 2.59. The molecule has 13 heavy (non-hydrogen) atoms. The molecule has 0 radical (unpaired) electrons. The fraction of sp³-hybridized carbons (Fsp3) is 0.364. The van der Waals surface area contributed by atoms with E-state index in [4.69, 9.17) is 4.74 Å². The van der Waals surface area contributed by atoms with Crippen LogP contribution >= 0.6 is 0 Å². The molecule has 0 saturated heterocycles. The van der Waals surface area contributed by atoms with Crippen molar-refractivity contribution in [3.05, 3.63) is 29.8 Å². The van der Waals surface area contributed by atoms with Crippen LogP contribution in [0.5, 0.6) is 5.75 Å². The molecule has 0 aliphatic carbocycles. The number of benzene rings is 1. The fourth-order valence-electron chi connectivity index (χ4n) is 1.73. The third-order valence-corrected chi connectivity index (χ3v) is 2.43. The van der Waals surface area contributed by atoms with Crippen LogP contribution in [0.3, 0.4) is 0 Å². The van der Waals surface area contributed by atoms with Gasteiger partial charge in [0.1, 0.15) is 5.75 Å². The summed E-state index contributed by atoms with van der Waals surface area (Å²) in [5.41, 5.74) is 1.03. The maximum absolute atomic E-state index is 11.2. The van der Waals surface area contributed by atoms with Crippen molar-refractivity contribution in [3.63, 3.8) is 0 Å². The van der Waals surface area contributed by atoms with E-state index >= 15 is 0 Å². The lowest BCUT2D eigenvalue weighted by atomic mass is 9.80. The van der Waals surface area contributed by atoms with Crippen LogP contribution in [0.1, 0.15) is 25.8 Å². The zero-order valence-corrected chi connectivity index (χ0v) is 7.83. The highest BCUT2D eigenvalue weighted by molar-refractivity contribution is 5.77. The van der Waals surface area contributed by atoms with Gasteiger partial charge in [0.2, 0.25) is 0 Å². The molecular formula is C11H12O2. The minimum Gasteiger partial charge on any atom is -0.426 e. The summed E-state index contributed by atoms with van der Waals surface area (Å²) in [6.07, 6.45) is 0.462. The number of carbonyl (C=O) groups is 1. The van der Waals surface area contributed by atoms with Crippen LogP contribution in [-0.4, -0.2) is 5.97 Å². The molecule has 1 aromatic rings. The maximum atomic E-state index is 11.2. The summed E-state index contributed by atoms with van der Waals surface area (Å²) in [7, 11) is 0. The minimum absolute atomic E-state index is 0.0913. The van der Waals surface area contributed by atoms with Crippen LogP contribution in [0.4, 0.5) is 0 Å². The molecule has 0 aromatic heterocycles. The average Bonchev–Trinajstić information content (AvgIpc) is 2.02. The Balaban J connectivity index is 2.56. The molecular weight excluding hydrogens is 164 g/mol. The topological polar surface area (TPSA) is 26.3 Å². The third kappa shape index (κ3) is 1.32. The number of hydrogen-bond acceptors (Lipinski definition) is 2. The monoisotopic (exact) mass is 176 g/mol. The normalized spacial score (nSPS) is 19.1. The smallest absolute Gasteiger partial charge is 0.312 e. The fourth-order valence-corrected chi connectivity index (χ4v) is 1.73. The van der Waals surface area contributed by atoms with Crippen LogP contribution in [0.2, 0.25) is 0 Å². The second-order valence-corrected chi connectivity index (χ2v) is 4.03. The van der Waals surface area contributed by atoms with Crippen molar-refractivity contribution < 1.29 is 9.53 Å². The van der Waals surface area contributed by atoms with E-state index in [2.05, 4.69) is 13.8 Å². The molecule has 0 fully saturated rings. The largest absolute Gasteiger partial charge is 0.426 e. The first-order valence-electron chi connectivity index (χ1n) is 4.40. The van der Waals surface area contributed by atoms with Crippen molar-refractivity contribution in [3.8, 4) is 5.75 Å². The number of rotatable bonds is 0. The number of para-hydroxylation sites is 1. The van der Waals surface area contributed by atoms with Gasteiger partial charge in [-0.1, -0.05) is 32.0 Å². The van der Waals surface area contributed by atoms with Crippen molar-refractivity contribution in [1.82, 2.24) is 0 Å². The van der Waals surface area contributed by atoms with Crippen molar-refractivity contribution in [2.75, 3.05) is 0 Å². The Kier molecular flexibility index (Phi) is 1.65. The first-order chi connectivity index (χ1) is 6.09. The van der Waals surface area contributed by atoms with Gasteiger partial charge in [-0.3, -0.25) is 4.79 Å².